The summed E-state index contributed by atoms with van der Waals surface area (Å²) >= 11 is 0. The molecule has 1 aromatic heterocycles. The van der Waals surface area contributed by atoms with Gasteiger partial charge in [-0.2, -0.15) is 5.10 Å². The van der Waals surface area contributed by atoms with E-state index in [0.717, 1.165) is 31.4 Å². The van der Waals surface area contributed by atoms with E-state index in [0.29, 0.717) is 19.8 Å². The molecule has 0 bridgehead atoms. The van der Waals surface area contributed by atoms with E-state index in [1.165, 1.54) is 0 Å². The first-order chi connectivity index (χ1) is 9.22. The third-order valence-corrected chi connectivity index (χ3v) is 3.69. The number of nitrogens with zero attached hydrogens (tertiary/aromatic N) is 2. The highest BCUT2D eigenvalue weighted by Crippen LogP contribution is 2.37. The summed E-state index contributed by atoms with van der Waals surface area (Å²) in [5, 5.41) is 15.0. The average Bonchev–Trinajstić information content (AvgIpc) is 2.88. The number of aliphatic hydroxyl groups excluding tert-OH is 1. The lowest BCUT2D eigenvalue weighted by atomic mass is 9.85. The molecule has 1 saturated heterocycles. The molecule has 1 aliphatic heterocycles. The lowest BCUT2D eigenvalue weighted by Gasteiger charge is -2.40. The summed E-state index contributed by atoms with van der Waals surface area (Å²) < 4.78 is 13.2. The molecule has 1 aromatic rings. The zero-order chi connectivity index (χ0) is 13.7. The molecule has 1 aliphatic rings. The monoisotopic (exact) mass is 268 g/mol. The van der Waals surface area contributed by atoms with Crippen molar-refractivity contribution in [1.82, 2.24) is 9.78 Å². The van der Waals surface area contributed by atoms with Gasteiger partial charge in [-0.3, -0.25) is 4.68 Å². The summed E-state index contributed by atoms with van der Waals surface area (Å²) in [5.41, 5.74) is 0.316. The fraction of sp³-hybridized carbons (Fsp3) is 0.786. The van der Waals surface area contributed by atoms with Crippen molar-refractivity contribution >= 4 is 0 Å². The Kier molecular flexibility index (Phi) is 4.96. The molecule has 1 atom stereocenters. The standard InChI is InChI=1S/C14H24N2O3/c1-3-7-16-11-12(10-15-16)13(17)14(19-4-2)5-8-18-9-6-14/h10-11,13,17H,3-9H2,1-2H3. The van der Waals surface area contributed by atoms with Crippen molar-refractivity contribution in [3.63, 3.8) is 0 Å². The number of aromatic nitrogens is 2. The van der Waals surface area contributed by atoms with Crippen molar-refractivity contribution in [2.24, 2.45) is 0 Å². The second-order valence-corrected chi connectivity index (χ2v) is 5.05. The third kappa shape index (κ3) is 3.16. The number of rotatable bonds is 6. The van der Waals surface area contributed by atoms with Crippen molar-refractivity contribution < 1.29 is 14.6 Å². The maximum Gasteiger partial charge on any atom is 0.111 e. The van der Waals surface area contributed by atoms with Crippen LogP contribution in [0, 0.1) is 0 Å². The Balaban J connectivity index is 2.15. The summed E-state index contributed by atoms with van der Waals surface area (Å²) in [6.07, 6.45) is 5.51. The molecule has 0 saturated carbocycles. The Morgan fingerprint density at radius 3 is 2.84 bits per heavy atom. The molecule has 0 radical (unpaired) electrons. The van der Waals surface area contributed by atoms with Crippen LogP contribution in [0.5, 0.6) is 0 Å². The van der Waals surface area contributed by atoms with E-state index in [-0.39, 0.29) is 0 Å². The van der Waals surface area contributed by atoms with Crippen LogP contribution in [0.4, 0.5) is 0 Å². The normalized spacial score (nSPS) is 20.4. The van der Waals surface area contributed by atoms with Gasteiger partial charge in [0.25, 0.3) is 0 Å². The summed E-state index contributed by atoms with van der Waals surface area (Å²) in [4.78, 5) is 0. The predicted octanol–water partition coefficient (Wildman–Crippen LogP) is 1.91. The van der Waals surface area contributed by atoms with Gasteiger partial charge < -0.3 is 14.6 Å². The van der Waals surface area contributed by atoms with E-state index >= 15 is 0 Å². The summed E-state index contributed by atoms with van der Waals surface area (Å²) in [6.45, 7) is 6.82. The molecular weight excluding hydrogens is 244 g/mol. The van der Waals surface area contributed by atoms with Gasteiger partial charge in [-0.25, -0.2) is 0 Å². The van der Waals surface area contributed by atoms with Crippen molar-refractivity contribution in [2.75, 3.05) is 19.8 Å². The maximum absolute atomic E-state index is 10.7. The quantitative estimate of drug-likeness (QED) is 0.856. The molecule has 1 unspecified atom stereocenters. The molecule has 0 aromatic carbocycles. The van der Waals surface area contributed by atoms with Crippen LogP contribution in [0.15, 0.2) is 12.4 Å². The van der Waals surface area contributed by atoms with Gasteiger partial charge in [0.2, 0.25) is 0 Å². The predicted molar refractivity (Wildman–Crippen MR) is 71.9 cm³/mol. The number of hydrogen-bond acceptors (Lipinski definition) is 4. The van der Waals surface area contributed by atoms with E-state index < -0.39 is 11.7 Å². The molecule has 5 nitrogen and oxygen atoms in total. The highest BCUT2D eigenvalue weighted by Gasteiger charge is 2.41. The number of hydrogen-bond donors (Lipinski definition) is 1. The van der Waals surface area contributed by atoms with Crippen LogP contribution < -0.4 is 0 Å². The zero-order valence-corrected chi connectivity index (χ0v) is 11.8. The van der Waals surface area contributed by atoms with Gasteiger partial charge in [-0.15, -0.1) is 0 Å². The topological polar surface area (TPSA) is 56.5 Å². The van der Waals surface area contributed by atoms with Crippen LogP contribution in [-0.4, -0.2) is 40.3 Å². The van der Waals surface area contributed by atoms with Crippen LogP contribution >= 0.6 is 0 Å². The first-order valence-corrected chi connectivity index (χ1v) is 7.14. The largest absolute Gasteiger partial charge is 0.385 e. The molecule has 2 rings (SSSR count). The Hall–Kier alpha value is -0.910. The summed E-state index contributed by atoms with van der Waals surface area (Å²) in [6, 6.07) is 0. The van der Waals surface area contributed by atoms with Crippen LogP contribution in [-0.2, 0) is 16.0 Å². The van der Waals surface area contributed by atoms with Crippen LogP contribution in [0.1, 0.15) is 44.8 Å². The van der Waals surface area contributed by atoms with Crippen LogP contribution in [0.2, 0.25) is 0 Å². The van der Waals surface area contributed by atoms with E-state index in [9.17, 15) is 5.11 Å². The Bertz CT molecular complexity index is 380. The lowest BCUT2D eigenvalue weighted by Crippen LogP contribution is -2.44. The van der Waals surface area contributed by atoms with Gasteiger partial charge in [0.15, 0.2) is 0 Å². The van der Waals surface area contributed by atoms with Gasteiger partial charge in [-0.05, 0) is 13.3 Å². The van der Waals surface area contributed by atoms with Gasteiger partial charge in [-0.1, -0.05) is 6.92 Å². The van der Waals surface area contributed by atoms with Crippen molar-refractivity contribution in [1.29, 1.82) is 0 Å². The van der Waals surface area contributed by atoms with Crippen molar-refractivity contribution in [2.45, 2.75) is 51.4 Å². The van der Waals surface area contributed by atoms with Gasteiger partial charge >= 0.3 is 0 Å². The smallest absolute Gasteiger partial charge is 0.111 e. The number of ether oxygens (including phenoxy) is 2. The van der Waals surface area contributed by atoms with E-state index in [2.05, 4.69) is 12.0 Å². The van der Waals surface area contributed by atoms with Gasteiger partial charge in [0, 0.05) is 51.0 Å². The molecule has 108 valence electrons. The molecule has 0 aliphatic carbocycles. The molecule has 0 spiro atoms. The minimum atomic E-state index is -0.637. The molecule has 0 amide bonds. The molecule has 5 heteroatoms. The lowest BCUT2D eigenvalue weighted by molar-refractivity contribution is -0.168. The first-order valence-electron chi connectivity index (χ1n) is 7.14. The SMILES string of the molecule is CCCn1cc(C(O)C2(OCC)CCOCC2)cn1. The minimum Gasteiger partial charge on any atom is -0.385 e. The van der Waals surface area contributed by atoms with Crippen molar-refractivity contribution in [3.8, 4) is 0 Å². The Morgan fingerprint density at radius 1 is 1.47 bits per heavy atom. The fourth-order valence-corrected chi connectivity index (χ4v) is 2.68. The average molecular weight is 268 g/mol. The number of aryl methyl sites for hydroxylation is 1. The highest BCUT2D eigenvalue weighted by molar-refractivity contribution is 5.14. The molecule has 1 N–H and O–H groups in total. The van der Waals surface area contributed by atoms with Crippen molar-refractivity contribution in [3.05, 3.63) is 18.0 Å². The van der Waals surface area contributed by atoms with Gasteiger partial charge in [0.1, 0.15) is 11.7 Å². The molecule has 1 fully saturated rings. The first kappa shape index (κ1) is 14.5. The van der Waals surface area contributed by atoms with Crippen LogP contribution in [0.3, 0.4) is 0 Å². The molecule has 19 heavy (non-hydrogen) atoms. The molecular formula is C14H24N2O3. The number of aliphatic hydroxyl groups is 1. The molecule has 2 heterocycles. The van der Waals surface area contributed by atoms with Gasteiger partial charge in [0.05, 0.1) is 6.20 Å². The summed E-state index contributed by atoms with van der Waals surface area (Å²) in [5.74, 6) is 0. The van der Waals surface area contributed by atoms with E-state index in [1.807, 2.05) is 17.8 Å². The van der Waals surface area contributed by atoms with Crippen LogP contribution in [0.25, 0.3) is 0 Å². The minimum absolute atomic E-state index is 0.521. The highest BCUT2D eigenvalue weighted by atomic mass is 16.5. The fourth-order valence-electron chi connectivity index (χ4n) is 2.68. The maximum atomic E-state index is 10.7. The van der Waals surface area contributed by atoms with E-state index in [4.69, 9.17) is 9.47 Å². The second-order valence-electron chi connectivity index (χ2n) is 5.05. The van der Waals surface area contributed by atoms with E-state index in [1.54, 1.807) is 6.20 Å². The summed E-state index contributed by atoms with van der Waals surface area (Å²) in [7, 11) is 0. The zero-order valence-electron chi connectivity index (χ0n) is 11.8. The Morgan fingerprint density at radius 2 is 2.21 bits per heavy atom. The Labute approximate surface area is 114 Å². The second kappa shape index (κ2) is 6.50. The third-order valence-electron chi connectivity index (χ3n) is 3.69.